The van der Waals surface area contributed by atoms with Crippen LogP contribution in [0.2, 0.25) is 10.0 Å². The number of nitrogens with zero attached hydrogens (tertiary/aromatic N) is 2. The van der Waals surface area contributed by atoms with Crippen molar-refractivity contribution < 1.29 is 9.53 Å². The van der Waals surface area contributed by atoms with Gasteiger partial charge >= 0.3 is 5.97 Å². The fourth-order valence-corrected chi connectivity index (χ4v) is 3.54. The zero-order valence-electron chi connectivity index (χ0n) is 13.4. The predicted octanol–water partition coefficient (Wildman–Crippen LogP) is 5.47. The van der Waals surface area contributed by atoms with E-state index >= 15 is 0 Å². The van der Waals surface area contributed by atoms with E-state index in [0.29, 0.717) is 34.5 Å². The molecule has 0 bridgehead atoms. The van der Waals surface area contributed by atoms with Crippen LogP contribution in [-0.2, 0) is 9.53 Å². The van der Waals surface area contributed by atoms with Crippen LogP contribution in [0.1, 0.15) is 24.9 Å². The first-order valence-electron chi connectivity index (χ1n) is 7.74. The number of rotatable bonds is 4. The van der Waals surface area contributed by atoms with E-state index in [0.717, 1.165) is 9.13 Å². The van der Waals surface area contributed by atoms with Crippen LogP contribution in [0.3, 0.4) is 0 Å². The van der Waals surface area contributed by atoms with E-state index in [2.05, 4.69) is 27.7 Å². The van der Waals surface area contributed by atoms with Crippen molar-refractivity contribution in [3.8, 4) is 0 Å². The number of hydrogen-bond acceptors (Lipinski definition) is 4. The maximum absolute atomic E-state index is 12.2. The van der Waals surface area contributed by atoms with Gasteiger partial charge in [-0.1, -0.05) is 35.3 Å². The van der Waals surface area contributed by atoms with Gasteiger partial charge in [0.25, 0.3) is 0 Å². The average Bonchev–Trinajstić information content (AvgIpc) is 3.01. The predicted molar refractivity (Wildman–Crippen MR) is 110 cm³/mol. The lowest BCUT2D eigenvalue weighted by atomic mass is 10.0. The van der Waals surface area contributed by atoms with Crippen LogP contribution >= 0.6 is 45.8 Å². The summed E-state index contributed by atoms with van der Waals surface area (Å²) in [4.78, 5) is 12.2. The number of hydrazone groups is 1. The third-order valence-corrected chi connectivity index (χ3v) is 5.09. The number of halogens is 3. The average molecular weight is 489 g/mol. The van der Waals surface area contributed by atoms with Crippen LogP contribution in [0.25, 0.3) is 0 Å². The Hall–Kier alpha value is -1.31. The van der Waals surface area contributed by atoms with Crippen LogP contribution in [-0.4, -0.2) is 18.3 Å². The molecule has 1 heterocycles. The maximum Gasteiger partial charge on any atom is 0.354 e. The molecule has 2 aromatic carbocycles. The lowest BCUT2D eigenvalue weighted by Gasteiger charge is -2.25. The highest BCUT2D eigenvalue weighted by Crippen LogP contribution is 2.39. The summed E-state index contributed by atoms with van der Waals surface area (Å²) < 4.78 is 6.25. The Morgan fingerprint density at radius 2 is 2.00 bits per heavy atom. The molecule has 0 amide bonds. The van der Waals surface area contributed by atoms with E-state index in [1.165, 1.54) is 0 Å². The molecule has 0 N–H and O–H groups in total. The molecular formula is C18H15Cl2IN2O2. The van der Waals surface area contributed by atoms with Gasteiger partial charge in [-0.15, -0.1) is 0 Å². The summed E-state index contributed by atoms with van der Waals surface area (Å²) in [6.45, 7) is 2.09. The Morgan fingerprint density at radius 3 is 2.64 bits per heavy atom. The Kier molecular flexibility index (Phi) is 5.86. The van der Waals surface area contributed by atoms with Gasteiger partial charge in [-0.3, -0.25) is 5.01 Å². The minimum Gasteiger partial charge on any atom is -0.461 e. The highest BCUT2D eigenvalue weighted by atomic mass is 127. The number of anilines is 1. The first kappa shape index (κ1) is 18.5. The van der Waals surface area contributed by atoms with Crippen molar-refractivity contribution in [3.63, 3.8) is 0 Å². The molecule has 0 aliphatic carbocycles. The zero-order chi connectivity index (χ0) is 18.0. The largest absolute Gasteiger partial charge is 0.461 e. The molecule has 1 aliphatic rings. The van der Waals surface area contributed by atoms with Gasteiger partial charge in [-0.25, -0.2) is 4.79 Å². The van der Waals surface area contributed by atoms with Crippen LogP contribution < -0.4 is 5.01 Å². The molecule has 0 spiro atoms. The third-order valence-electron chi connectivity index (χ3n) is 3.83. The second-order valence-corrected chi connectivity index (χ2v) is 7.57. The van der Waals surface area contributed by atoms with E-state index in [4.69, 9.17) is 27.9 Å². The molecule has 130 valence electrons. The number of hydrogen-bond donors (Lipinski definition) is 0. The summed E-state index contributed by atoms with van der Waals surface area (Å²) in [5, 5.41) is 7.30. The second-order valence-electron chi connectivity index (χ2n) is 5.48. The van der Waals surface area contributed by atoms with Gasteiger partial charge in [-0.05, 0) is 65.4 Å². The van der Waals surface area contributed by atoms with Crippen molar-refractivity contribution in [1.29, 1.82) is 0 Å². The lowest BCUT2D eigenvalue weighted by molar-refractivity contribution is -0.135. The van der Waals surface area contributed by atoms with E-state index in [1.807, 2.05) is 30.3 Å². The SMILES string of the molecule is CCOC(=O)C1=NN(c2ccc(Cl)cc2Cl)C(c2ccc(I)cc2)C1. The lowest BCUT2D eigenvalue weighted by Crippen LogP contribution is -2.19. The molecule has 2 aromatic rings. The number of benzene rings is 2. The topological polar surface area (TPSA) is 41.9 Å². The summed E-state index contributed by atoms with van der Waals surface area (Å²) in [7, 11) is 0. The highest BCUT2D eigenvalue weighted by Gasteiger charge is 2.34. The van der Waals surface area contributed by atoms with Gasteiger partial charge in [0.15, 0.2) is 0 Å². The Labute approximate surface area is 169 Å². The molecule has 0 saturated heterocycles. The highest BCUT2D eigenvalue weighted by molar-refractivity contribution is 14.1. The third kappa shape index (κ3) is 4.10. The van der Waals surface area contributed by atoms with E-state index in [-0.39, 0.29) is 6.04 Å². The van der Waals surface area contributed by atoms with Gasteiger partial charge in [0.2, 0.25) is 0 Å². The van der Waals surface area contributed by atoms with Crippen molar-refractivity contribution in [2.45, 2.75) is 19.4 Å². The summed E-state index contributed by atoms with van der Waals surface area (Å²) in [5.74, 6) is -0.398. The summed E-state index contributed by atoms with van der Waals surface area (Å²) in [6.07, 6.45) is 0.457. The molecule has 25 heavy (non-hydrogen) atoms. The molecule has 1 atom stereocenters. The fraction of sp³-hybridized carbons (Fsp3) is 0.222. The fourth-order valence-electron chi connectivity index (χ4n) is 2.68. The van der Waals surface area contributed by atoms with Crippen LogP contribution in [0, 0.1) is 3.57 Å². The normalized spacial score (nSPS) is 16.7. The summed E-state index contributed by atoms with van der Waals surface area (Å²) in [6, 6.07) is 13.2. The van der Waals surface area contributed by atoms with Crippen LogP contribution in [0.4, 0.5) is 5.69 Å². The van der Waals surface area contributed by atoms with Crippen molar-refractivity contribution in [3.05, 3.63) is 61.6 Å². The number of ether oxygens (including phenoxy) is 1. The molecule has 7 heteroatoms. The zero-order valence-corrected chi connectivity index (χ0v) is 17.0. The summed E-state index contributed by atoms with van der Waals surface area (Å²) in [5.41, 5.74) is 2.14. The minimum atomic E-state index is -0.398. The molecule has 0 saturated carbocycles. The summed E-state index contributed by atoms with van der Waals surface area (Å²) >= 11 is 14.6. The molecule has 1 unspecified atom stereocenters. The molecule has 4 nitrogen and oxygen atoms in total. The Morgan fingerprint density at radius 1 is 1.28 bits per heavy atom. The van der Waals surface area contributed by atoms with Crippen molar-refractivity contribution in [1.82, 2.24) is 0 Å². The smallest absolute Gasteiger partial charge is 0.354 e. The monoisotopic (exact) mass is 488 g/mol. The molecule has 3 rings (SSSR count). The van der Waals surface area contributed by atoms with Gasteiger partial charge in [0, 0.05) is 15.0 Å². The second kappa shape index (κ2) is 7.93. The van der Waals surface area contributed by atoms with Crippen LogP contribution in [0.5, 0.6) is 0 Å². The van der Waals surface area contributed by atoms with E-state index in [1.54, 1.807) is 24.1 Å². The number of carbonyl (C=O) groups excluding carboxylic acids is 1. The molecule has 1 aliphatic heterocycles. The maximum atomic E-state index is 12.2. The van der Waals surface area contributed by atoms with E-state index < -0.39 is 5.97 Å². The molecule has 0 fully saturated rings. The number of esters is 1. The van der Waals surface area contributed by atoms with Crippen molar-refractivity contribution in [2.24, 2.45) is 5.10 Å². The first-order valence-corrected chi connectivity index (χ1v) is 9.57. The molecule has 0 radical (unpaired) electrons. The van der Waals surface area contributed by atoms with Gasteiger partial charge < -0.3 is 4.74 Å². The van der Waals surface area contributed by atoms with Gasteiger partial charge in [0.1, 0.15) is 5.71 Å². The standard InChI is InChI=1S/C18H15Cl2IN2O2/c1-2-25-18(24)15-10-17(11-3-6-13(21)7-4-11)23(22-15)16-8-5-12(19)9-14(16)20/h3-9,17H,2,10H2,1H3. The minimum absolute atomic E-state index is 0.130. The van der Waals surface area contributed by atoms with Gasteiger partial charge in [-0.2, -0.15) is 5.10 Å². The Balaban J connectivity index is 2.01. The van der Waals surface area contributed by atoms with Crippen molar-refractivity contribution in [2.75, 3.05) is 11.6 Å². The van der Waals surface area contributed by atoms with E-state index in [9.17, 15) is 4.79 Å². The Bertz CT molecular complexity index is 824. The molecular weight excluding hydrogens is 474 g/mol. The molecule has 0 aromatic heterocycles. The first-order chi connectivity index (χ1) is 12.0. The number of carbonyl (C=O) groups is 1. The van der Waals surface area contributed by atoms with Crippen LogP contribution in [0.15, 0.2) is 47.6 Å². The van der Waals surface area contributed by atoms with Crippen molar-refractivity contribution >= 4 is 63.2 Å². The van der Waals surface area contributed by atoms with Gasteiger partial charge in [0.05, 0.1) is 23.4 Å². The quantitative estimate of drug-likeness (QED) is 0.423.